The molecule has 20 heavy (non-hydrogen) atoms. The summed E-state index contributed by atoms with van der Waals surface area (Å²) >= 11 is 0. The van der Waals surface area contributed by atoms with Crippen LogP contribution in [0.25, 0.3) is 0 Å². The highest BCUT2D eigenvalue weighted by Crippen LogP contribution is 2.22. The Bertz CT molecular complexity index is 522. The maximum Gasteiger partial charge on any atom is 0.282 e. The molecule has 1 N–H and O–H groups in total. The Morgan fingerprint density at radius 1 is 1.50 bits per heavy atom. The number of nitro benzene ring substituents is 1. The van der Waals surface area contributed by atoms with Crippen molar-refractivity contribution in [1.82, 2.24) is 10.2 Å². The zero-order chi connectivity index (χ0) is 14.0. The number of nitro groups is 1. The maximum absolute atomic E-state index is 12.4. The van der Waals surface area contributed by atoms with Gasteiger partial charge in [-0.3, -0.25) is 14.9 Å². The van der Waals surface area contributed by atoms with Gasteiger partial charge in [-0.15, -0.1) is 12.4 Å². The molecule has 6 nitrogen and oxygen atoms in total. The van der Waals surface area contributed by atoms with Gasteiger partial charge in [0.2, 0.25) is 0 Å². The number of hydrogen-bond donors (Lipinski definition) is 1. The lowest BCUT2D eigenvalue weighted by Crippen LogP contribution is -2.51. The van der Waals surface area contributed by atoms with E-state index in [9.17, 15) is 14.9 Å². The monoisotopic (exact) mass is 299 g/mol. The predicted molar refractivity (Wildman–Crippen MR) is 78.4 cm³/mol. The molecule has 7 heteroatoms. The number of amides is 1. The Morgan fingerprint density at radius 3 is 2.80 bits per heavy atom. The van der Waals surface area contributed by atoms with Gasteiger partial charge < -0.3 is 10.2 Å². The molecule has 0 saturated carbocycles. The normalized spacial score (nSPS) is 18.3. The van der Waals surface area contributed by atoms with Crippen molar-refractivity contribution in [2.45, 2.75) is 19.9 Å². The molecule has 1 atom stereocenters. The fourth-order valence-corrected chi connectivity index (χ4v) is 2.27. The molecule has 1 saturated heterocycles. The van der Waals surface area contributed by atoms with Crippen LogP contribution in [0.3, 0.4) is 0 Å². The number of aryl methyl sites for hydroxylation is 1. The van der Waals surface area contributed by atoms with Crippen LogP contribution in [0.15, 0.2) is 18.2 Å². The van der Waals surface area contributed by atoms with E-state index >= 15 is 0 Å². The van der Waals surface area contributed by atoms with Gasteiger partial charge in [-0.2, -0.15) is 0 Å². The fourth-order valence-electron chi connectivity index (χ4n) is 2.27. The Kier molecular flexibility index (Phi) is 5.47. The molecule has 0 spiro atoms. The van der Waals surface area contributed by atoms with Gasteiger partial charge in [0.15, 0.2) is 0 Å². The number of benzene rings is 1. The van der Waals surface area contributed by atoms with Crippen molar-refractivity contribution in [1.29, 1.82) is 0 Å². The minimum atomic E-state index is -0.502. The number of hydrogen-bond acceptors (Lipinski definition) is 4. The summed E-state index contributed by atoms with van der Waals surface area (Å²) in [7, 11) is 0. The van der Waals surface area contributed by atoms with E-state index in [-0.39, 0.29) is 35.6 Å². The molecule has 1 aromatic rings. The van der Waals surface area contributed by atoms with Crippen LogP contribution in [0.4, 0.5) is 5.69 Å². The molecule has 110 valence electrons. The number of nitrogens with one attached hydrogen (secondary N) is 1. The van der Waals surface area contributed by atoms with E-state index in [0.29, 0.717) is 19.6 Å². The van der Waals surface area contributed by atoms with Crippen LogP contribution in [0.5, 0.6) is 0 Å². The average molecular weight is 300 g/mol. The van der Waals surface area contributed by atoms with E-state index in [1.807, 2.05) is 13.8 Å². The topological polar surface area (TPSA) is 75.5 Å². The first-order chi connectivity index (χ1) is 8.99. The van der Waals surface area contributed by atoms with E-state index in [1.165, 1.54) is 6.07 Å². The van der Waals surface area contributed by atoms with Crippen molar-refractivity contribution >= 4 is 24.0 Å². The van der Waals surface area contributed by atoms with Crippen molar-refractivity contribution in [3.05, 3.63) is 39.4 Å². The smallest absolute Gasteiger partial charge is 0.282 e. The second-order valence-corrected chi connectivity index (χ2v) is 4.88. The largest absolute Gasteiger partial charge is 0.336 e. The van der Waals surface area contributed by atoms with E-state index in [4.69, 9.17) is 0 Å². The van der Waals surface area contributed by atoms with Crippen LogP contribution >= 0.6 is 12.4 Å². The minimum absolute atomic E-state index is 0. The molecular weight excluding hydrogens is 282 g/mol. The highest BCUT2D eigenvalue weighted by atomic mass is 35.5. The molecule has 1 heterocycles. The number of carbonyl (C=O) groups excluding carboxylic acids is 1. The van der Waals surface area contributed by atoms with E-state index in [1.54, 1.807) is 17.0 Å². The summed E-state index contributed by atoms with van der Waals surface area (Å²) in [5, 5.41) is 14.2. The average Bonchev–Trinajstić information content (AvgIpc) is 2.37. The van der Waals surface area contributed by atoms with Gasteiger partial charge in [-0.25, -0.2) is 0 Å². The van der Waals surface area contributed by atoms with Gasteiger partial charge in [-0.05, 0) is 25.5 Å². The first-order valence-corrected chi connectivity index (χ1v) is 6.26. The van der Waals surface area contributed by atoms with Crippen molar-refractivity contribution in [2.75, 3.05) is 19.6 Å². The summed E-state index contributed by atoms with van der Waals surface area (Å²) in [5.41, 5.74) is 0.901. The zero-order valence-corrected chi connectivity index (χ0v) is 12.3. The van der Waals surface area contributed by atoms with Crippen molar-refractivity contribution in [3.63, 3.8) is 0 Å². The van der Waals surface area contributed by atoms with Gasteiger partial charge in [0.05, 0.1) is 4.92 Å². The Labute approximate surface area is 123 Å². The number of nitrogens with zero attached hydrogens (tertiary/aromatic N) is 2. The molecular formula is C13H18ClN3O3. The maximum atomic E-state index is 12.4. The van der Waals surface area contributed by atoms with Crippen molar-refractivity contribution in [3.8, 4) is 0 Å². The molecule has 1 fully saturated rings. The summed E-state index contributed by atoms with van der Waals surface area (Å²) in [6, 6.07) is 4.85. The highest BCUT2D eigenvalue weighted by molar-refractivity contribution is 5.98. The summed E-state index contributed by atoms with van der Waals surface area (Å²) < 4.78 is 0. The molecule has 1 amide bonds. The third-order valence-corrected chi connectivity index (χ3v) is 3.24. The first-order valence-electron chi connectivity index (χ1n) is 6.26. The first kappa shape index (κ1) is 16.4. The molecule has 0 aromatic heterocycles. The lowest BCUT2D eigenvalue weighted by molar-refractivity contribution is -0.385. The van der Waals surface area contributed by atoms with Gasteiger partial charge in [0, 0.05) is 31.7 Å². The number of carbonyl (C=O) groups is 1. The van der Waals surface area contributed by atoms with Crippen molar-refractivity contribution < 1.29 is 9.72 Å². The number of rotatable bonds is 2. The SMILES string of the molecule is Cc1ccc([N+](=O)[O-])c(C(=O)N2CCN[C@H](C)C2)c1.Cl. The molecule has 0 aliphatic carbocycles. The molecule has 0 unspecified atom stereocenters. The zero-order valence-electron chi connectivity index (χ0n) is 11.5. The van der Waals surface area contributed by atoms with E-state index in [0.717, 1.165) is 5.56 Å². The summed E-state index contributed by atoms with van der Waals surface area (Å²) in [5.74, 6) is -0.260. The highest BCUT2D eigenvalue weighted by Gasteiger charge is 2.27. The van der Waals surface area contributed by atoms with Crippen LogP contribution in [0, 0.1) is 17.0 Å². The van der Waals surface area contributed by atoms with Gasteiger partial charge >= 0.3 is 0 Å². The Balaban J connectivity index is 0.00000200. The Morgan fingerprint density at radius 2 is 2.20 bits per heavy atom. The van der Waals surface area contributed by atoms with Crippen LogP contribution in [0.2, 0.25) is 0 Å². The minimum Gasteiger partial charge on any atom is -0.336 e. The van der Waals surface area contributed by atoms with Crippen LogP contribution in [-0.4, -0.2) is 41.4 Å². The number of piperazine rings is 1. The quantitative estimate of drug-likeness (QED) is 0.667. The second kappa shape index (κ2) is 6.67. The standard InChI is InChI=1S/C13H17N3O3.ClH/c1-9-3-4-12(16(18)19)11(7-9)13(17)15-6-5-14-10(2)8-15;/h3-4,7,10,14H,5-6,8H2,1-2H3;1H/t10-;/m1./s1. The van der Waals surface area contributed by atoms with Crippen LogP contribution < -0.4 is 5.32 Å². The summed E-state index contributed by atoms with van der Waals surface area (Å²) in [4.78, 5) is 24.6. The second-order valence-electron chi connectivity index (χ2n) is 4.88. The van der Waals surface area contributed by atoms with Gasteiger partial charge in [-0.1, -0.05) is 6.07 Å². The van der Waals surface area contributed by atoms with E-state index < -0.39 is 4.92 Å². The molecule has 1 aliphatic rings. The van der Waals surface area contributed by atoms with Gasteiger partial charge in [0.25, 0.3) is 11.6 Å². The lowest BCUT2D eigenvalue weighted by Gasteiger charge is -2.31. The molecule has 1 aliphatic heterocycles. The third-order valence-electron chi connectivity index (χ3n) is 3.24. The van der Waals surface area contributed by atoms with Crippen LogP contribution in [0.1, 0.15) is 22.8 Å². The Hall–Kier alpha value is -1.66. The summed E-state index contributed by atoms with van der Waals surface area (Å²) in [6.07, 6.45) is 0. The van der Waals surface area contributed by atoms with E-state index in [2.05, 4.69) is 5.32 Å². The van der Waals surface area contributed by atoms with Crippen LogP contribution in [-0.2, 0) is 0 Å². The number of halogens is 1. The predicted octanol–water partition coefficient (Wildman–Crippen LogP) is 1.76. The third kappa shape index (κ3) is 3.46. The lowest BCUT2D eigenvalue weighted by atomic mass is 10.1. The fraction of sp³-hybridized carbons (Fsp3) is 0.462. The molecule has 2 rings (SSSR count). The van der Waals surface area contributed by atoms with Crippen molar-refractivity contribution in [2.24, 2.45) is 0 Å². The molecule has 1 aromatic carbocycles. The van der Waals surface area contributed by atoms with Gasteiger partial charge in [0.1, 0.15) is 5.56 Å². The molecule has 0 bridgehead atoms. The summed E-state index contributed by atoms with van der Waals surface area (Å²) in [6.45, 7) is 5.68. The molecule has 0 radical (unpaired) electrons.